The minimum Gasteiger partial charge on any atom is -0.194 e. The van der Waals surface area contributed by atoms with Gasteiger partial charge in [-0.3, -0.25) is 0 Å². The summed E-state index contributed by atoms with van der Waals surface area (Å²) in [5.41, 5.74) is 4.88. The van der Waals surface area contributed by atoms with Crippen molar-refractivity contribution in [3.63, 3.8) is 0 Å². The fraction of sp³-hybridized carbons (Fsp3) is 0. The van der Waals surface area contributed by atoms with E-state index in [1.807, 2.05) is 109 Å². The van der Waals surface area contributed by atoms with E-state index in [9.17, 15) is 4.79 Å². The average molecular weight is 376 g/mol. The number of rotatable bonds is 3. The second-order valence-corrected chi connectivity index (χ2v) is 6.74. The van der Waals surface area contributed by atoms with Crippen molar-refractivity contribution in [3.05, 3.63) is 120 Å². The monoisotopic (exact) mass is 376 g/mol. The molecule has 1 heterocycles. The molecule has 0 radical (unpaired) electrons. The van der Waals surface area contributed by atoms with Crippen molar-refractivity contribution < 1.29 is 4.57 Å². The molecule has 5 aromatic rings. The summed E-state index contributed by atoms with van der Waals surface area (Å²) in [4.78, 5) is 13.6. The van der Waals surface area contributed by atoms with Gasteiger partial charge in [0.15, 0.2) is 16.7 Å². The highest BCUT2D eigenvalue weighted by Gasteiger charge is 2.24. The Kier molecular flexibility index (Phi) is 4.22. The van der Waals surface area contributed by atoms with E-state index in [1.165, 1.54) is 4.68 Å². The molecule has 4 nitrogen and oxygen atoms in total. The van der Waals surface area contributed by atoms with Crippen molar-refractivity contribution in [1.82, 2.24) is 9.78 Å². The van der Waals surface area contributed by atoms with Crippen LogP contribution in [0.25, 0.3) is 33.5 Å². The molecule has 29 heavy (non-hydrogen) atoms. The zero-order valence-electron chi connectivity index (χ0n) is 15.6. The Labute approximate surface area is 167 Å². The van der Waals surface area contributed by atoms with Crippen molar-refractivity contribution in [2.75, 3.05) is 0 Å². The maximum atomic E-state index is 13.6. The van der Waals surface area contributed by atoms with E-state index in [1.54, 1.807) is 4.57 Å². The van der Waals surface area contributed by atoms with E-state index < -0.39 is 0 Å². The molecule has 0 spiro atoms. The molecule has 0 N–H and O–H groups in total. The first-order valence-electron chi connectivity index (χ1n) is 9.47. The van der Waals surface area contributed by atoms with Crippen LogP contribution in [0, 0.1) is 0 Å². The SMILES string of the molecule is O=c1n(-c2ccccc2)nc2cccc(-c3ccccc3)c2[n+]1-c1ccccc1. The Morgan fingerprint density at radius 2 is 1.28 bits per heavy atom. The zero-order valence-corrected chi connectivity index (χ0v) is 15.6. The summed E-state index contributed by atoms with van der Waals surface area (Å²) in [7, 11) is 0. The molecule has 4 aromatic carbocycles. The summed E-state index contributed by atoms with van der Waals surface area (Å²) in [5, 5.41) is 4.70. The summed E-state index contributed by atoms with van der Waals surface area (Å²) in [6.45, 7) is 0. The number of aromatic nitrogens is 3. The maximum absolute atomic E-state index is 13.6. The van der Waals surface area contributed by atoms with Gasteiger partial charge < -0.3 is 0 Å². The Morgan fingerprint density at radius 3 is 1.97 bits per heavy atom. The molecule has 0 bridgehead atoms. The molecule has 5 rings (SSSR count). The molecule has 138 valence electrons. The average Bonchev–Trinajstić information content (AvgIpc) is 2.80. The predicted molar refractivity (Wildman–Crippen MR) is 114 cm³/mol. The Morgan fingerprint density at radius 1 is 0.655 bits per heavy atom. The lowest BCUT2D eigenvalue weighted by molar-refractivity contribution is -0.589. The van der Waals surface area contributed by atoms with Gasteiger partial charge in [-0.1, -0.05) is 82.6 Å². The number of hydrogen-bond acceptors (Lipinski definition) is 2. The summed E-state index contributed by atoms with van der Waals surface area (Å²) < 4.78 is 3.21. The van der Waals surface area contributed by atoms with Crippen LogP contribution in [0.1, 0.15) is 0 Å². The second-order valence-electron chi connectivity index (χ2n) is 6.74. The smallest absolute Gasteiger partial charge is 0.194 e. The van der Waals surface area contributed by atoms with Crippen molar-refractivity contribution >= 4 is 11.0 Å². The standard InChI is InChI=1S/C25H18N3O/c29-25-27(20-13-6-2-7-14-20)24-22(19-11-4-1-5-12-19)17-10-18-23(24)26-28(25)21-15-8-3-9-16-21/h1-18H/q+1. The molecule has 0 aliphatic carbocycles. The van der Waals surface area contributed by atoms with Crippen LogP contribution in [0.4, 0.5) is 0 Å². The van der Waals surface area contributed by atoms with Gasteiger partial charge in [0.25, 0.3) is 0 Å². The van der Waals surface area contributed by atoms with Gasteiger partial charge >= 0.3 is 5.69 Å². The molecular formula is C25H18N3O+. The molecule has 0 aliphatic rings. The zero-order chi connectivity index (χ0) is 19.6. The summed E-state index contributed by atoms with van der Waals surface area (Å²) in [6.07, 6.45) is 0. The lowest BCUT2D eigenvalue weighted by atomic mass is 10.0. The van der Waals surface area contributed by atoms with E-state index >= 15 is 0 Å². The number of fused-ring (bicyclic) bond motifs is 1. The van der Waals surface area contributed by atoms with Gasteiger partial charge in [-0.2, -0.15) is 9.36 Å². The second kappa shape index (κ2) is 7.17. The molecule has 0 unspecified atom stereocenters. The van der Waals surface area contributed by atoms with E-state index in [4.69, 9.17) is 5.10 Å². The fourth-order valence-corrected chi connectivity index (χ4v) is 3.59. The van der Waals surface area contributed by atoms with E-state index in [0.29, 0.717) is 0 Å². The lowest BCUT2D eigenvalue weighted by Gasteiger charge is -2.10. The summed E-state index contributed by atoms with van der Waals surface area (Å²) in [5.74, 6) is 0. The minimum atomic E-state index is -0.210. The highest BCUT2D eigenvalue weighted by Crippen LogP contribution is 2.25. The molecule has 0 amide bonds. The number of hydrogen-bond donors (Lipinski definition) is 0. The van der Waals surface area contributed by atoms with Gasteiger partial charge in [-0.05, 0) is 42.0 Å². The number of benzene rings is 4. The fourth-order valence-electron chi connectivity index (χ4n) is 3.59. The van der Waals surface area contributed by atoms with Crippen molar-refractivity contribution in [2.45, 2.75) is 0 Å². The Balaban J connectivity index is 1.93. The normalized spacial score (nSPS) is 10.9. The van der Waals surface area contributed by atoms with E-state index in [2.05, 4.69) is 0 Å². The molecule has 4 heteroatoms. The third kappa shape index (κ3) is 3.01. The summed E-state index contributed by atoms with van der Waals surface area (Å²) >= 11 is 0. The molecule has 0 saturated carbocycles. The summed E-state index contributed by atoms with van der Waals surface area (Å²) in [6, 6.07) is 35.2. The quantitative estimate of drug-likeness (QED) is 0.440. The van der Waals surface area contributed by atoms with Crippen LogP contribution in [0.2, 0.25) is 0 Å². The van der Waals surface area contributed by atoms with Crippen LogP contribution in [-0.2, 0) is 0 Å². The minimum absolute atomic E-state index is 0.210. The highest BCUT2D eigenvalue weighted by atomic mass is 16.2. The first-order chi connectivity index (χ1) is 14.3. The van der Waals surface area contributed by atoms with Crippen LogP contribution in [0.15, 0.2) is 114 Å². The van der Waals surface area contributed by atoms with Crippen LogP contribution in [0.3, 0.4) is 0 Å². The van der Waals surface area contributed by atoms with Gasteiger partial charge in [-0.25, -0.2) is 0 Å². The first kappa shape index (κ1) is 17.1. The molecule has 0 aliphatic heterocycles. The maximum Gasteiger partial charge on any atom is 0.529 e. The van der Waals surface area contributed by atoms with Crippen LogP contribution in [-0.4, -0.2) is 9.78 Å². The highest BCUT2D eigenvalue weighted by molar-refractivity contribution is 5.89. The number of nitrogens with zero attached hydrogens (tertiary/aromatic N) is 3. The molecular weight excluding hydrogens is 358 g/mol. The molecule has 0 atom stereocenters. The van der Waals surface area contributed by atoms with Crippen molar-refractivity contribution in [2.24, 2.45) is 0 Å². The van der Waals surface area contributed by atoms with Gasteiger partial charge in [-0.15, -0.1) is 0 Å². The van der Waals surface area contributed by atoms with E-state index in [-0.39, 0.29) is 5.69 Å². The first-order valence-corrected chi connectivity index (χ1v) is 9.47. The predicted octanol–water partition coefficient (Wildman–Crippen LogP) is 4.33. The van der Waals surface area contributed by atoms with Crippen molar-refractivity contribution in [1.29, 1.82) is 0 Å². The van der Waals surface area contributed by atoms with Crippen LogP contribution in [0.5, 0.6) is 0 Å². The van der Waals surface area contributed by atoms with Crippen LogP contribution >= 0.6 is 0 Å². The van der Waals surface area contributed by atoms with E-state index in [0.717, 1.165) is 33.5 Å². The van der Waals surface area contributed by atoms with Crippen molar-refractivity contribution in [3.8, 4) is 22.5 Å². The lowest BCUT2D eigenvalue weighted by Crippen LogP contribution is -2.53. The molecule has 0 saturated heterocycles. The largest absolute Gasteiger partial charge is 0.529 e. The van der Waals surface area contributed by atoms with Crippen LogP contribution < -0.4 is 10.3 Å². The Hall–Kier alpha value is -4.05. The molecule has 0 fully saturated rings. The van der Waals surface area contributed by atoms with Gasteiger partial charge in [0.1, 0.15) is 5.69 Å². The Bertz CT molecular complexity index is 1350. The van der Waals surface area contributed by atoms with Gasteiger partial charge in [0, 0.05) is 5.56 Å². The topological polar surface area (TPSA) is 38.8 Å². The van der Waals surface area contributed by atoms with Gasteiger partial charge in [0.2, 0.25) is 0 Å². The molecule has 1 aromatic heterocycles. The third-order valence-corrected chi connectivity index (χ3v) is 4.92. The number of para-hydroxylation sites is 3. The third-order valence-electron chi connectivity index (χ3n) is 4.92. The van der Waals surface area contributed by atoms with Gasteiger partial charge in [0.05, 0.1) is 0 Å².